The molecule has 3 aromatic rings. The molecular weight excluding hydrogens is 428 g/mol. The second kappa shape index (κ2) is 11.5. The van der Waals surface area contributed by atoms with Gasteiger partial charge >= 0.3 is 5.97 Å². The average molecular weight is 456 g/mol. The van der Waals surface area contributed by atoms with Gasteiger partial charge in [-0.25, -0.2) is 13.6 Å². The van der Waals surface area contributed by atoms with Gasteiger partial charge in [0.25, 0.3) is 6.43 Å². The van der Waals surface area contributed by atoms with Crippen LogP contribution in [-0.4, -0.2) is 41.8 Å². The Morgan fingerprint density at radius 1 is 1.00 bits per heavy atom. The highest BCUT2D eigenvalue weighted by molar-refractivity contribution is 5.92. The van der Waals surface area contributed by atoms with Crippen molar-refractivity contribution in [2.75, 3.05) is 13.2 Å². The topological polar surface area (TPSA) is 78.8 Å². The third kappa shape index (κ3) is 7.10. The van der Waals surface area contributed by atoms with Gasteiger partial charge in [0, 0.05) is 12.6 Å². The van der Waals surface area contributed by atoms with Gasteiger partial charge in [-0.1, -0.05) is 60.7 Å². The highest BCUT2D eigenvalue weighted by Gasteiger charge is 2.15. The van der Waals surface area contributed by atoms with Crippen molar-refractivity contribution in [3.63, 3.8) is 0 Å². The predicted molar refractivity (Wildman–Crippen MR) is 123 cm³/mol. The normalized spacial score (nSPS) is 13.0. The molecule has 3 N–H and O–H groups in total. The highest BCUT2D eigenvalue weighted by Crippen LogP contribution is 2.28. The number of rotatable bonds is 11. The number of aliphatic hydroxyl groups is 1. The highest BCUT2D eigenvalue weighted by atomic mass is 19.3. The van der Waals surface area contributed by atoms with E-state index in [4.69, 9.17) is 4.74 Å². The number of benzene rings is 3. The second-order valence-electron chi connectivity index (χ2n) is 7.86. The zero-order chi connectivity index (χ0) is 23.8. The van der Waals surface area contributed by atoms with Crippen LogP contribution in [-0.2, 0) is 6.42 Å². The van der Waals surface area contributed by atoms with Crippen molar-refractivity contribution < 1.29 is 28.5 Å². The van der Waals surface area contributed by atoms with Crippen molar-refractivity contribution in [3.8, 4) is 16.9 Å². The molecule has 0 saturated carbocycles. The van der Waals surface area contributed by atoms with E-state index in [9.17, 15) is 23.8 Å². The predicted octanol–water partition coefficient (Wildman–Crippen LogP) is 4.95. The van der Waals surface area contributed by atoms with Crippen LogP contribution in [0.15, 0.2) is 72.8 Å². The minimum Gasteiger partial charge on any atom is -0.487 e. The number of alkyl halides is 2. The molecule has 0 heterocycles. The van der Waals surface area contributed by atoms with E-state index in [1.54, 1.807) is 6.07 Å². The van der Waals surface area contributed by atoms with Crippen molar-refractivity contribution >= 4 is 5.97 Å². The smallest absolute Gasteiger partial charge is 0.339 e. The molecule has 0 unspecified atom stereocenters. The molecule has 3 aromatic carbocycles. The van der Waals surface area contributed by atoms with Crippen LogP contribution in [0.5, 0.6) is 5.75 Å². The van der Waals surface area contributed by atoms with Crippen LogP contribution in [0.25, 0.3) is 11.1 Å². The lowest BCUT2D eigenvalue weighted by Crippen LogP contribution is -2.32. The summed E-state index contributed by atoms with van der Waals surface area (Å²) in [5.74, 6) is -1.32. The van der Waals surface area contributed by atoms with Crippen LogP contribution in [0.2, 0.25) is 0 Å². The number of ether oxygens (including phenoxy) is 1. The number of carboxylic acid groups (broad SMARTS) is 1. The number of carbonyl (C=O) groups is 1. The zero-order valence-corrected chi connectivity index (χ0v) is 18.2. The molecule has 0 aliphatic rings. The maximum atomic E-state index is 12.5. The Labute approximate surface area is 191 Å². The fourth-order valence-electron chi connectivity index (χ4n) is 3.52. The number of halogens is 2. The Balaban J connectivity index is 1.62. The SMILES string of the molecule is C[C@H](Cc1ccc(-c2ccc(C(=O)O)c(OCC(F)F)c2)cc1)NC[C@H](O)c1ccccc1. The lowest BCUT2D eigenvalue weighted by atomic mass is 9.99. The van der Waals surface area contributed by atoms with Gasteiger partial charge in [-0.3, -0.25) is 0 Å². The van der Waals surface area contributed by atoms with E-state index in [-0.39, 0.29) is 17.4 Å². The monoisotopic (exact) mass is 455 g/mol. The van der Waals surface area contributed by atoms with Crippen LogP contribution in [0.3, 0.4) is 0 Å². The molecule has 0 aliphatic heterocycles. The summed E-state index contributed by atoms with van der Waals surface area (Å²) in [6.07, 6.45) is -2.52. The Hall–Kier alpha value is -3.29. The van der Waals surface area contributed by atoms with Crippen LogP contribution in [0.4, 0.5) is 8.78 Å². The van der Waals surface area contributed by atoms with Gasteiger partial charge < -0.3 is 20.3 Å². The van der Waals surface area contributed by atoms with E-state index in [1.807, 2.05) is 61.5 Å². The summed E-state index contributed by atoms with van der Waals surface area (Å²) >= 11 is 0. The summed E-state index contributed by atoms with van der Waals surface area (Å²) < 4.78 is 30.1. The summed E-state index contributed by atoms with van der Waals surface area (Å²) in [4.78, 5) is 11.3. The third-order valence-electron chi connectivity index (χ3n) is 5.25. The maximum Gasteiger partial charge on any atom is 0.339 e. The Morgan fingerprint density at radius 3 is 2.30 bits per heavy atom. The lowest BCUT2D eigenvalue weighted by molar-refractivity contribution is 0.0664. The van der Waals surface area contributed by atoms with Gasteiger partial charge in [0.2, 0.25) is 0 Å². The number of nitrogens with one attached hydrogen (secondary N) is 1. The minimum atomic E-state index is -2.70. The van der Waals surface area contributed by atoms with Crippen LogP contribution >= 0.6 is 0 Å². The molecule has 5 nitrogen and oxygen atoms in total. The van der Waals surface area contributed by atoms with E-state index in [0.717, 1.165) is 23.1 Å². The molecule has 0 aliphatic carbocycles. The van der Waals surface area contributed by atoms with Gasteiger partial charge in [-0.2, -0.15) is 0 Å². The van der Waals surface area contributed by atoms with E-state index >= 15 is 0 Å². The summed E-state index contributed by atoms with van der Waals surface area (Å²) in [5, 5.41) is 22.9. The van der Waals surface area contributed by atoms with E-state index < -0.39 is 25.1 Å². The lowest BCUT2D eigenvalue weighted by Gasteiger charge is -2.18. The summed E-state index contributed by atoms with van der Waals surface area (Å²) in [7, 11) is 0. The Kier molecular flexibility index (Phi) is 8.52. The quantitative estimate of drug-likeness (QED) is 0.381. The van der Waals surface area contributed by atoms with Crippen molar-refractivity contribution in [1.29, 1.82) is 0 Å². The van der Waals surface area contributed by atoms with Crippen molar-refractivity contribution in [2.45, 2.75) is 31.9 Å². The van der Waals surface area contributed by atoms with Crippen molar-refractivity contribution in [3.05, 3.63) is 89.5 Å². The molecule has 0 spiro atoms. The number of aliphatic hydroxyl groups excluding tert-OH is 1. The van der Waals surface area contributed by atoms with Crippen LogP contribution < -0.4 is 10.1 Å². The molecule has 0 aromatic heterocycles. The Bertz CT molecular complexity index is 1040. The van der Waals surface area contributed by atoms with Crippen molar-refractivity contribution in [2.24, 2.45) is 0 Å². The first-order valence-corrected chi connectivity index (χ1v) is 10.7. The number of hydrogen-bond acceptors (Lipinski definition) is 4. The molecule has 0 amide bonds. The van der Waals surface area contributed by atoms with Crippen molar-refractivity contribution in [1.82, 2.24) is 5.32 Å². The molecular formula is C26H27F2NO4. The van der Waals surface area contributed by atoms with Crippen LogP contribution in [0.1, 0.15) is 34.5 Å². The molecule has 33 heavy (non-hydrogen) atoms. The van der Waals surface area contributed by atoms with E-state index in [1.165, 1.54) is 12.1 Å². The molecule has 0 radical (unpaired) electrons. The van der Waals surface area contributed by atoms with Gasteiger partial charge in [-0.15, -0.1) is 0 Å². The first-order valence-electron chi connectivity index (χ1n) is 10.7. The summed E-state index contributed by atoms with van der Waals surface area (Å²) in [5.41, 5.74) is 3.29. The van der Waals surface area contributed by atoms with Gasteiger partial charge in [-0.05, 0) is 47.7 Å². The number of hydrogen-bond donors (Lipinski definition) is 3. The summed E-state index contributed by atoms with van der Waals surface area (Å²) in [6, 6.07) is 21.8. The van der Waals surface area contributed by atoms with Gasteiger partial charge in [0.1, 0.15) is 17.9 Å². The maximum absolute atomic E-state index is 12.5. The standard InChI is InChI=1S/C26H27F2NO4/c1-17(29-15-23(30)20-5-3-2-4-6-20)13-18-7-9-19(10-8-18)21-11-12-22(26(31)32)24(14-21)33-16-25(27)28/h2-12,14,17,23,25,29-30H,13,15-16H2,1H3,(H,31,32)/t17-,23+/m1/s1. The van der Waals surface area contributed by atoms with E-state index in [0.29, 0.717) is 12.1 Å². The van der Waals surface area contributed by atoms with Gasteiger partial charge in [0.15, 0.2) is 0 Å². The van der Waals surface area contributed by atoms with Crippen LogP contribution in [0, 0.1) is 0 Å². The molecule has 0 fully saturated rings. The first-order chi connectivity index (χ1) is 15.8. The average Bonchev–Trinajstić information content (AvgIpc) is 2.82. The molecule has 174 valence electrons. The fourth-order valence-corrected chi connectivity index (χ4v) is 3.52. The largest absolute Gasteiger partial charge is 0.487 e. The Morgan fingerprint density at radius 2 is 1.67 bits per heavy atom. The molecule has 2 atom stereocenters. The molecule has 0 bridgehead atoms. The third-order valence-corrected chi connectivity index (χ3v) is 5.25. The van der Waals surface area contributed by atoms with E-state index in [2.05, 4.69) is 5.32 Å². The molecule has 7 heteroatoms. The first kappa shape index (κ1) is 24.4. The molecule has 3 rings (SSSR count). The zero-order valence-electron chi connectivity index (χ0n) is 18.2. The summed E-state index contributed by atoms with van der Waals surface area (Å²) in [6.45, 7) is 1.62. The number of aromatic carboxylic acids is 1. The molecule has 0 saturated heterocycles. The second-order valence-corrected chi connectivity index (χ2v) is 7.86. The van der Waals surface area contributed by atoms with Gasteiger partial charge in [0.05, 0.1) is 6.10 Å². The fraction of sp³-hybridized carbons (Fsp3) is 0.269. The minimum absolute atomic E-state index is 0.0841. The number of carboxylic acids is 1.